The maximum absolute atomic E-state index is 5.88. The molecule has 0 heterocycles. The zero-order valence-corrected chi connectivity index (χ0v) is 12.2. The average molecular weight is 263 g/mol. The second-order valence-corrected chi connectivity index (χ2v) is 5.23. The molecule has 0 saturated heterocycles. The molecule has 106 valence electrons. The van der Waals surface area contributed by atoms with Crippen LogP contribution >= 0.6 is 0 Å². The fourth-order valence-electron chi connectivity index (χ4n) is 2.90. The molecule has 1 aliphatic rings. The molecule has 1 unspecified atom stereocenters. The first-order valence-electron chi connectivity index (χ1n) is 7.21. The number of likely N-dealkylation sites (N-methyl/N-ethyl adjacent to an activating group) is 1. The van der Waals surface area contributed by atoms with Crippen molar-refractivity contribution >= 4 is 0 Å². The van der Waals surface area contributed by atoms with Gasteiger partial charge >= 0.3 is 0 Å². The summed E-state index contributed by atoms with van der Waals surface area (Å²) in [6, 6.07) is 8.49. The molecule has 1 atom stereocenters. The van der Waals surface area contributed by atoms with Crippen LogP contribution in [0.1, 0.15) is 44.2 Å². The standard InChI is InChI=1S/C16H25NO2/c1-4-12-19-14-9-6-5-8-13(14)15(17-2)16(18-3)10-7-11-16/h5-6,8-9,15,17H,4,7,10-12H2,1-3H3. The first kappa shape index (κ1) is 14.4. The van der Waals surface area contributed by atoms with Crippen LogP contribution in [-0.4, -0.2) is 26.4 Å². The third kappa shape index (κ3) is 2.77. The van der Waals surface area contributed by atoms with Gasteiger partial charge in [0.1, 0.15) is 5.75 Å². The molecule has 2 rings (SSSR count). The van der Waals surface area contributed by atoms with Gasteiger partial charge in [-0.1, -0.05) is 25.1 Å². The number of hydrogen-bond acceptors (Lipinski definition) is 3. The highest BCUT2D eigenvalue weighted by Crippen LogP contribution is 2.46. The van der Waals surface area contributed by atoms with Gasteiger partial charge in [0.05, 0.1) is 18.2 Å². The summed E-state index contributed by atoms with van der Waals surface area (Å²) in [4.78, 5) is 0. The second kappa shape index (κ2) is 6.40. The van der Waals surface area contributed by atoms with E-state index in [1.807, 2.05) is 20.2 Å². The zero-order valence-electron chi connectivity index (χ0n) is 12.2. The largest absolute Gasteiger partial charge is 0.493 e. The molecule has 1 aliphatic carbocycles. The number of methoxy groups -OCH3 is 1. The van der Waals surface area contributed by atoms with Crippen molar-refractivity contribution < 1.29 is 9.47 Å². The minimum Gasteiger partial charge on any atom is -0.493 e. The van der Waals surface area contributed by atoms with Gasteiger partial charge in [-0.3, -0.25) is 0 Å². The summed E-state index contributed by atoms with van der Waals surface area (Å²) in [6.45, 7) is 2.88. The predicted molar refractivity (Wildman–Crippen MR) is 77.6 cm³/mol. The van der Waals surface area contributed by atoms with Gasteiger partial charge in [-0.05, 0) is 38.8 Å². The molecular formula is C16H25NO2. The van der Waals surface area contributed by atoms with E-state index in [1.165, 1.54) is 12.0 Å². The molecule has 3 heteroatoms. The summed E-state index contributed by atoms with van der Waals surface area (Å²) in [5.74, 6) is 0.979. The maximum atomic E-state index is 5.88. The molecule has 1 aromatic carbocycles. The van der Waals surface area contributed by atoms with Crippen LogP contribution in [-0.2, 0) is 4.74 Å². The van der Waals surface area contributed by atoms with Crippen molar-refractivity contribution in [1.29, 1.82) is 0 Å². The lowest BCUT2D eigenvalue weighted by Gasteiger charge is -2.46. The van der Waals surface area contributed by atoms with Crippen LogP contribution in [0.15, 0.2) is 24.3 Å². The Kier molecular flexibility index (Phi) is 4.83. The normalized spacial score (nSPS) is 18.7. The Morgan fingerprint density at radius 3 is 2.58 bits per heavy atom. The highest BCUT2D eigenvalue weighted by atomic mass is 16.5. The minimum absolute atomic E-state index is 0.0690. The Bertz CT molecular complexity index is 396. The number of benzene rings is 1. The first-order valence-corrected chi connectivity index (χ1v) is 7.21. The summed E-state index contributed by atoms with van der Waals surface area (Å²) < 4.78 is 11.7. The van der Waals surface area contributed by atoms with Crippen LogP contribution in [0.4, 0.5) is 0 Å². The van der Waals surface area contributed by atoms with Gasteiger partial charge in [-0.15, -0.1) is 0 Å². The molecule has 0 amide bonds. The van der Waals surface area contributed by atoms with Gasteiger partial charge in [-0.25, -0.2) is 0 Å². The van der Waals surface area contributed by atoms with Crippen molar-refractivity contribution in [3.05, 3.63) is 29.8 Å². The molecule has 0 aliphatic heterocycles. The molecular weight excluding hydrogens is 238 g/mol. The number of rotatable bonds is 7. The van der Waals surface area contributed by atoms with E-state index in [9.17, 15) is 0 Å². The van der Waals surface area contributed by atoms with Crippen LogP contribution in [0.3, 0.4) is 0 Å². The average Bonchev–Trinajstić information content (AvgIpc) is 2.41. The first-order chi connectivity index (χ1) is 9.27. The van der Waals surface area contributed by atoms with Gasteiger partial charge in [0.2, 0.25) is 0 Å². The summed E-state index contributed by atoms with van der Waals surface area (Å²) in [5, 5.41) is 3.42. The van der Waals surface area contributed by atoms with Crippen molar-refractivity contribution in [3.63, 3.8) is 0 Å². The van der Waals surface area contributed by atoms with Crippen LogP contribution in [0, 0.1) is 0 Å². The van der Waals surface area contributed by atoms with E-state index >= 15 is 0 Å². The van der Waals surface area contributed by atoms with Gasteiger partial charge in [0.25, 0.3) is 0 Å². The quantitative estimate of drug-likeness (QED) is 0.818. The summed E-state index contributed by atoms with van der Waals surface area (Å²) in [6.07, 6.45) is 4.48. The van der Waals surface area contributed by atoms with Gasteiger partial charge in [0.15, 0.2) is 0 Å². The van der Waals surface area contributed by atoms with Crippen molar-refractivity contribution in [3.8, 4) is 5.75 Å². The lowest BCUT2D eigenvalue weighted by Crippen LogP contribution is -2.49. The molecule has 1 aromatic rings. The second-order valence-electron chi connectivity index (χ2n) is 5.23. The monoisotopic (exact) mass is 263 g/mol. The van der Waals surface area contributed by atoms with Crippen molar-refractivity contribution in [2.24, 2.45) is 0 Å². The Morgan fingerprint density at radius 1 is 1.32 bits per heavy atom. The van der Waals surface area contributed by atoms with Crippen LogP contribution < -0.4 is 10.1 Å². The van der Waals surface area contributed by atoms with Gasteiger partial charge < -0.3 is 14.8 Å². The molecule has 1 saturated carbocycles. The summed E-state index contributed by atoms with van der Waals surface area (Å²) >= 11 is 0. The number of ether oxygens (including phenoxy) is 2. The van der Waals surface area contributed by atoms with E-state index in [1.54, 1.807) is 0 Å². The topological polar surface area (TPSA) is 30.5 Å². The molecule has 3 nitrogen and oxygen atoms in total. The molecule has 1 N–H and O–H groups in total. The van der Waals surface area contributed by atoms with Crippen molar-refractivity contribution in [1.82, 2.24) is 5.32 Å². The molecule has 0 spiro atoms. The van der Waals surface area contributed by atoms with Crippen LogP contribution in [0.25, 0.3) is 0 Å². The highest BCUT2D eigenvalue weighted by molar-refractivity contribution is 5.38. The zero-order chi connectivity index (χ0) is 13.7. The van der Waals surface area contributed by atoms with E-state index in [4.69, 9.17) is 9.47 Å². The Balaban J connectivity index is 2.27. The summed E-state index contributed by atoms with van der Waals surface area (Å²) in [5.41, 5.74) is 1.14. The Labute approximate surface area is 116 Å². The minimum atomic E-state index is -0.0690. The van der Waals surface area contributed by atoms with E-state index in [-0.39, 0.29) is 11.6 Å². The fourth-order valence-corrected chi connectivity index (χ4v) is 2.90. The molecule has 19 heavy (non-hydrogen) atoms. The van der Waals surface area contributed by atoms with Crippen molar-refractivity contribution in [2.75, 3.05) is 20.8 Å². The lowest BCUT2D eigenvalue weighted by atomic mass is 9.72. The lowest BCUT2D eigenvalue weighted by molar-refractivity contribution is -0.0987. The van der Waals surface area contributed by atoms with E-state index in [0.29, 0.717) is 0 Å². The smallest absolute Gasteiger partial charge is 0.124 e. The Morgan fingerprint density at radius 2 is 2.05 bits per heavy atom. The molecule has 0 bridgehead atoms. The van der Waals surface area contributed by atoms with Gasteiger partial charge in [-0.2, -0.15) is 0 Å². The third-order valence-corrected chi connectivity index (χ3v) is 4.11. The predicted octanol–water partition coefficient (Wildman–Crippen LogP) is 3.31. The molecule has 0 radical (unpaired) electrons. The third-order valence-electron chi connectivity index (χ3n) is 4.11. The van der Waals surface area contributed by atoms with E-state index < -0.39 is 0 Å². The number of para-hydroxylation sites is 1. The van der Waals surface area contributed by atoms with Gasteiger partial charge in [0, 0.05) is 12.7 Å². The Hall–Kier alpha value is -1.06. The fraction of sp³-hybridized carbons (Fsp3) is 0.625. The van der Waals surface area contributed by atoms with Crippen molar-refractivity contribution in [2.45, 2.75) is 44.2 Å². The van der Waals surface area contributed by atoms with E-state index in [0.717, 1.165) is 31.6 Å². The highest BCUT2D eigenvalue weighted by Gasteiger charge is 2.45. The molecule has 1 fully saturated rings. The number of nitrogens with one attached hydrogen (secondary N) is 1. The van der Waals surface area contributed by atoms with Crippen LogP contribution in [0.2, 0.25) is 0 Å². The van der Waals surface area contributed by atoms with Crippen LogP contribution in [0.5, 0.6) is 5.75 Å². The number of hydrogen-bond donors (Lipinski definition) is 1. The summed E-state index contributed by atoms with van der Waals surface area (Å²) in [7, 11) is 3.82. The molecule has 0 aromatic heterocycles. The maximum Gasteiger partial charge on any atom is 0.124 e. The van der Waals surface area contributed by atoms with E-state index in [2.05, 4.69) is 30.4 Å². The SMILES string of the molecule is CCCOc1ccccc1C(NC)C1(OC)CCC1.